The van der Waals surface area contributed by atoms with Crippen LogP contribution in [0.3, 0.4) is 0 Å². The summed E-state index contributed by atoms with van der Waals surface area (Å²) in [6, 6.07) is 4.78. The molecule has 20 heavy (non-hydrogen) atoms. The lowest BCUT2D eigenvalue weighted by atomic mass is 9.80. The molecule has 2 saturated heterocycles. The topological polar surface area (TPSA) is 38.7 Å². The van der Waals surface area contributed by atoms with Gasteiger partial charge < -0.3 is 14.6 Å². The van der Waals surface area contributed by atoms with Crippen LogP contribution in [0.1, 0.15) is 30.9 Å². The average molecular weight is 345 g/mol. The van der Waals surface area contributed by atoms with E-state index in [1.54, 1.807) is 12.1 Å². The van der Waals surface area contributed by atoms with E-state index in [0.29, 0.717) is 29.9 Å². The Morgan fingerprint density at radius 2 is 2.25 bits per heavy atom. The van der Waals surface area contributed by atoms with Crippen LogP contribution in [0.25, 0.3) is 0 Å². The first-order valence-electron chi connectivity index (χ1n) is 6.95. The molecule has 0 amide bonds. The third-order valence-electron chi connectivity index (χ3n) is 4.34. The van der Waals surface area contributed by atoms with Gasteiger partial charge in [-0.25, -0.2) is 4.39 Å². The van der Waals surface area contributed by atoms with E-state index < -0.39 is 6.10 Å². The molecule has 3 rings (SSSR count). The number of aliphatic hydroxyl groups excluding tert-OH is 1. The summed E-state index contributed by atoms with van der Waals surface area (Å²) in [6.07, 6.45) is 1.50. The second-order valence-corrected chi connectivity index (χ2v) is 6.52. The number of rotatable bonds is 2. The van der Waals surface area contributed by atoms with Gasteiger partial charge in [-0.2, -0.15) is 0 Å². The molecule has 1 aromatic rings. The molecule has 2 aliphatic heterocycles. The number of benzene rings is 1. The van der Waals surface area contributed by atoms with E-state index in [1.165, 1.54) is 6.07 Å². The predicted molar refractivity (Wildman–Crippen MR) is 75.9 cm³/mol. The van der Waals surface area contributed by atoms with Crippen molar-refractivity contribution in [3.63, 3.8) is 0 Å². The number of hydrogen-bond donors (Lipinski definition) is 1. The fourth-order valence-corrected chi connectivity index (χ4v) is 3.80. The molecule has 2 heterocycles. The standard InChI is InChI=1S/C15H18BrFO3/c16-11-2-1-3-12(17)13(11)14(18)10-4-6-20-15(8-10)5-7-19-9-15/h1-3,10,14,18H,4-9H2. The molecular formula is C15H18BrFO3. The van der Waals surface area contributed by atoms with E-state index in [-0.39, 0.29) is 17.3 Å². The van der Waals surface area contributed by atoms with E-state index in [1.807, 2.05) is 0 Å². The molecule has 3 unspecified atom stereocenters. The largest absolute Gasteiger partial charge is 0.388 e. The number of halogens is 2. The molecule has 2 aliphatic rings. The highest BCUT2D eigenvalue weighted by atomic mass is 79.9. The highest BCUT2D eigenvalue weighted by Crippen LogP contribution is 2.42. The first kappa shape index (κ1) is 14.4. The Morgan fingerprint density at radius 3 is 2.95 bits per heavy atom. The van der Waals surface area contributed by atoms with Crippen molar-refractivity contribution in [2.75, 3.05) is 19.8 Å². The Balaban J connectivity index is 1.81. The van der Waals surface area contributed by atoms with E-state index >= 15 is 0 Å². The minimum Gasteiger partial charge on any atom is -0.388 e. The van der Waals surface area contributed by atoms with Gasteiger partial charge >= 0.3 is 0 Å². The smallest absolute Gasteiger partial charge is 0.130 e. The molecular weight excluding hydrogens is 327 g/mol. The van der Waals surface area contributed by atoms with E-state index in [0.717, 1.165) is 19.3 Å². The van der Waals surface area contributed by atoms with Crippen LogP contribution in [-0.4, -0.2) is 30.5 Å². The highest BCUT2D eigenvalue weighted by Gasteiger charge is 2.43. The van der Waals surface area contributed by atoms with Crippen LogP contribution in [-0.2, 0) is 9.47 Å². The van der Waals surface area contributed by atoms with Gasteiger partial charge in [0.1, 0.15) is 5.82 Å². The Kier molecular flexibility index (Phi) is 4.13. The normalized spacial score (nSPS) is 31.6. The maximum Gasteiger partial charge on any atom is 0.130 e. The van der Waals surface area contributed by atoms with Gasteiger partial charge in [0.2, 0.25) is 0 Å². The summed E-state index contributed by atoms with van der Waals surface area (Å²) in [4.78, 5) is 0. The number of aliphatic hydroxyl groups is 1. The van der Waals surface area contributed by atoms with Crippen LogP contribution in [0.4, 0.5) is 4.39 Å². The minimum atomic E-state index is -0.813. The number of hydrogen-bond acceptors (Lipinski definition) is 3. The van der Waals surface area contributed by atoms with Crippen LogP contribution in [0.5, 0.6) is 0 Å². The van der Waals surface area contributed by atoms with Gasteiger partial charge in [-0.1, -0.05) is 22.0 Å². The van der Waals surface area contributed by atoms with Gasteiger partial charge in [-0.15, -0.1) is 0 Å². The van der Waals surface area contributed by atoms with Crippen molar-refractivity contribution in [3.8, 4) is 0 Å². The van der Waals surface area contributed by atoms with Crippen LogP contribution in [0.2, 0.25) is 0 Å². The van der Waals surface area contributed by atoms with Crippen molar-refractivity contribution in [1.29, 1.82) is 0 Å². The summed E-state index contributed by atoms with van der Waals surface area (Å²) in [5, 5.41) is 10.6. The minimum absolute atomic E-state index is 0.00125. The Labute approximate surface area is 126 Å². The third kappa shape index (κ3) is 2.64. The molecule has 0 saturated carbocycles. The Morgan fingerprint density at radius 1 is 1.40 bits per heavy atom. The average Bonchev–Trinajstić information content (AvgIpc) is 2.86. The second kappa shape index (κ2) is 5.72. The van der Waals surface area contributed by atoms with Gasteiger partial charge in [0.15, 0.2) is 0 Å². The van der Waals surface area contributed by atoms with Crippen LogP contribution >= 0.6 is 15.9 Å². The quantitative estimate of drug-likeness (QED) is 0.895. The molecule has 1 spiro atoms. The van der Waals surface area contributed by atoms with Crippen molar-refractivity contribution in [1.82, 2.24) is 0 Å². The molecule has 2 fully saturated rings. The van der Waals surface area contributed by atoms with E-state index in [2.05, 4.69) is 15.9 Å². The molecule has 0 aromatic heterocycles. The van der Waals surface area contributed by atoms with Gasteiger partial charge in [0, 0.05) is 29.7 Å². The lowest BCUT2D eigenvalue weighted by Crippen LogP contribution is -2.42. The van der Waals surface area contributed by atoms with Gasteiger partial charge in [-0.05, 0) is 30.9 Å². The lowest BCUT2D eigenvalue weighted by molar-refractivity contribution is -0.117. The molecule has 110 valence electrons. The first-order valence-corrected chi connectivity index (χ1v) is 7.74. The fraction of sp³-hybridized carbons (Fsp3) is 0.600. The summed E-state index contributed by atoms with van der Waals surface area (Å²) >= 11 is 3.33. The summed E-state index contributed by atoms with van der Waals surface area (Å²) in [5.41, 5.74) is 0.0789. The van der Waals surface area contributed by atoms with Crippen LogP contribution in [0, 0.1) is 11.7 Å². The van der Waals surface area contributed by atoms with Crippen molar-refractivity contribution in [3.05, 3.63) is 34.1 Å². The van der Waals surface area contributed by atoms with Crippen molar-refractivity contribution < 1.29 is 19.0 Å². The SMILES string of the molecule is OC(c1c(F)cccc1Br)C1CCOC2(CCOC2)C1. The maximum absolute atomic E-state index is 14.0. The molecule has 5 heteroatoms. The monoisotopic (exact) mass is 344 g/mol. The summed E-state index contributed by atoms with van der Waals surface area (Å²) in [6.45, 7) is 1.87. The zero-order chi connectivity index (χ0) is 14.2. The van der Waals surface area contributed by atoms with Crippen molar-refractivity contribution in [2.24, 2.45) is 5.92 Å². The summed E-state index contributed by atoms with van der Waals surface area (Å²) in [7, 11) is 0. The molecule has 0 aliphatic carbocycles. The fourth-order valence-electron chi connectivity index (χ4n) is 3.23. The molecule has 1 N–H and O–H groups in total. The zero-order valence-corrected chi connectivity index (χ0v) is 12.7. The van der Waals surface area contributed by atoms with Crippen LogP contribution < -0.4 is 0 Å². The molecule has 3 atom stereocenters. The maximum atomic E-state index is 14.0. The van der Waals surface area contributed by atoms with Crippen molar-refractivity contribution in [2.45, 2.75) is 31.0 Å². The third-order valence-corrected chi connectivity index (χ3v) is 5.03. The Hall–Kier alpha value is -0.490. The van der Waals surface area contributed by atoms with E-state index in [4.69, 9.17) is 9.47 Å². The highest BCUT2D eigenvalue weighted by molar-refractivity contribution is 9.10. The lowest BCUT2D eigenvalue weighted by Gasteiger charge is -2.39. The van der Waals surface area contributed by atoms with Gasteiger partial charge in [0.25, 0.3) is 0 Å². The zero-order valence-electron chi connectivity index (χ0n) is 11.1. The first-order chi connectivity index (χ1) is 9.61. The van der Waals surface area contributed by atoms with Gasteiger partial charge in [-0.3, -0.25) is 0 Å². The predicted octanol–water partition coefficient (Wildman–Crippen LogP) is 3.21. The summed E-state index contributed by atoms with van der Waals surface area (Å²) < 4.78 is 25.9. The van der Waals surface area contributed by atoms with Crippen molar-refractivity contribution >= 4 is 15.9 Å². The molecule has 0 radical (unpaired) electrons. The second-order valence-electron chi connectivity index (χ2n) is 5.67. The van der Waals surface area contributed by atoms with Crippen LogP contribution in [0.15, 0.2) is 22.7 Å². The Bertz CT molecular complexity index is 468. The summed E-state index contributed by atoms with van der Waals surface area (Å²) in [5.74, 6) is -0.367. The van der Waals surface area contributed by atoms with Gasteiger partial charge in [0.05, 0.1) is 18.3 Å². The number of ether oxygens (including phenoxy) is 2. The van der Waals surface area contributed by atoms with E-state index in [9.17, 15) is 9.50 Å². The molecule has 3 nitrogen and oxygen atoms in total. The molecule has 0 bridgehead atoms. The molecule has 1 aromatic carbocycles.